The maximum absolute atomic E-state index is 6.00. The molecule has 4 nitrogen and oxygen atoms in total. The number of unbranched alkanes of at least 4 members (excludes halogenated alkanes) is 2. The predicted octanol–water partition coefficient (Wildman–Crippen LogP) is 5.47. The largest absolute Gasteiger partial charge is 0.491 e. The Balaban J connectivity index is 1.88. The Morgan fingerprint density at radius 1 is 1.20 bits per heavy atom. The van der Waals surface area contributed by atoms with E-state index in [9.17, 15) is 0 Å². The second kappa shape index (κ2) is 9.76. The van der Waals surface area contributed by atoms with Crippen LogP contribution in [0.2, 0.25) is 0 Å². The molecule has 1 unspecified atom stereocenters. The molecule has 25 heavy (non-hydrogen) atoms. The van der Waals surface area contributed by atoms with Crippen molar-refractivity contribution in [1.82, 2.24) is 9.97 Å². The molecule has 0 amide bonds. The first-order valence-electron chi connectivity index (χ1n) is 8.97. The van der Waals surface area contributed by atoms with Gasteiger partial charge in [-0.2, -0.15) is 0 Å². The molecule has 0 radical (unpaired) electrons. The summed E-state index contributed by atoms with van der Waals surface area (Å²) in [6.07, 6.45) is 6.52. The number of aryl methyl sites for hydroxylation is 3. The highest BCUT2D eigenvalue weighted by molar-refractivity contribution is 9.10. The van der Waals surface area contributed by atoms with Gasteiger partial charge in [0, 0.05) is 0 Å². The summed E-state index contributed by atoms with van der Waals surface area (Å²) < 4.78 is 6.90. The molecule has 0 aliphatic heterocycles. The maximum Gasteiger partial charge on any atom is 0.144 e. The van der Waals surface area contributed by atoms with Gasteiger partial charge in [-0.1, -0.05) is 31.9 Å². The van der Waals surface area contributed by atoms with Crippen LogP contribution >= 0.6 is 15.9 Å². The van der Waals surface area contributed by atoms with Gasteiger partial charge in [-0.3, -0.25) is 0 Å². The van der Waals surface area contributed by atoms with Crippen LogP contribution in [-0.4, -0.2) is 22.6 Å². The third-order valence-corrected chi connectivity index (χ3v) is 5.09. The number of benzene rings is 1. The first-order chi connectivity index (χ1) is 12.0. The summed E-state index contributed by atoms with van der Waals surface area (Å²) in [6.45, 7) is 8.95. The molecule has 1 N–H and O–H groups in total. The monoisotopic (exact) mass is 405 g/mol. The Morgan fingerprint density at radius 2 is 2.00 bits per heavy atom. The topological polar surface area (TPSA) is 47.0 Å². The lowest BCUT2D eigenvalue weighted by molar-refractivity contribution is 0.301. The zero-order valence-electron chi connectivity index (χ0n) is 15.6. The van der Waals surface area contributed by atoms with Crippen LogP contribution in [0, 0.1) is 13.8 Å². The van der Waals surface area contributed by atoms with E-state index in [1.54, 1.807) is 6.33 Å². The first kappa shape index (κ1) is 19.7. The lowest BCUT2D eigenvalue weighted by Crippen LogP contribution is -2.24. The number of ether oxygens (including phenoxy) is 1. The molecule has 1 heterocycles. The van der Waals surface area contributed by atoms with E-state index in [0.717, 1.165) is 28.2 Å². The minimum Gasteiger partial charge on any atom is -0.491 e. The molecule has 0 bridgehead atoms. The molecule has 0 saturated heterocycles. The standard InChI is InChI=1S/C20H28BrN3O/c1-5-6-7-8-17-9-10-18(14(2)11-17)25-12-15(3)24-20-19(21)16(4)22-13-23-20/h9-11,13,15H,5-8,12H2,1-4H3,(H,22,23,24). The van der Waals surface area contributed by atoms with E-state index in [1.165, 1.54) is 30.4 Å². The summed E-state index contributed by atoms with van der Waals surface area (Å²) >= 11 is 3.52. The van der Waals surface area contributed by atoms with Crippen molar-refractivity contribution in [2.45, 2.75) is 59.4 Å². The summed E-state index contributed by atoms with van der Waals surface area (Å²) in [5, 5.41) is 3.36. The van der Waals surface area contributed by atoms with Crippen molar-refractivity contribution in [3.8, 4) is 5.75 Å². The Bertz CT molecular complexity index is 691. The fraction of sp³-hybridized carbons (Fsp3) is 0.500. The predicted molar refractivity (Wildman–Crippen MR) is 107 cm³/mol. The third-order valence-electron chi connectivity index (χ3n) is 4.14. The Kier molecular flexibility index (Phi) is 7.69. The zero-order valence-corrected chi connectivity index (χ0v) is 17.2. The van der Waals surface area contributed by atoms with Crippen molar-refractivity contribution in [2.24, 2.45) is 0 Å². The van der Waals surface area contributed by atoms with Gasteiger partial charge in [0.15, 0.2) is 0 Å². The molecule has 0 spiro atoms. The van der Waals surface area contributed by atoms with Gasteiger partial charge in [0.1, 0.15) is 24.5 Å². The Morgan fingerprint density at radius 3 is 2.72 bits per heavy atom. The molecule has 0 fully saturated rings. The smallest absolute Gasteiger partial charge is 0.144 e. The number of halogens is 1. The van der Waals surface area contributed by atoms with Gasteiger partial charge in [-0.05, 0) is 66.7 Å². The zero-order chi connectivity index (χ0) is 18.2. The normalized spacial score (nSPS) is 12.0. The molecule has 5 heteroatoms. The number of rotatable bonds is 9. The minimum atomic E-state index is 0.134. The molecule has 1 aromatic heterocycles. The summed E-state index contributed by atoms with van der Waals surface area (Å²) in [6, 6.07) is 6.65. The second-order valence-corrected chi connectivity index (χ2v) is 7.33. The van der Waals surface area contributed by atoms with E-state index < -0.39 is 0 Å². The Hall–Kier alpha value is -1.62. The third kappa shape index (κ3) is 5.99. The van der Waals surface area contributed by atoms with Crippen LogP contribution in [0.4, 0.5) is 5.82 Å². The number of aromatic nitrogens is 2. The van der Waals surface area contributed by atoms with Crippen LogP contribution in [-0.2, 0) is 6.42 Å². The molecule has 1 atom stereocenters. The molecule has 0 aliphatic carbocycles. The molecular weight excluding hydrogens is 378 g/mol. The highest BCUT2D eigenvalue weighted by Gasteiger charge is 2.10. The fourth-order valence-corrected chi connectivity index (χ4v) is 2.98. The van der Waals surface area contributed by atoms with Crippen molar-refractivity contribution < 1.29 is 4.74 Å². The minimum absolute atomic E-state index is 0.134. The number of hydrogen-bond acceptors (Lipinski definition) is 4. The summed E-state index contributed by atoms with van der Waals surface area (Å²) in [5.41, 5.74) is 3.50. The van der Waals surface area contributed by atoms with E-state index in [1.807, 2.05) is 6.92 Å². The molecule has 2 rings (SSSR count). The fourth-order valence-electron chi connectivity index (χ4n) is 2.66. The van der Waals surface area contributed by atoms with Crippen molar-refractivity contribution in [1.29, 1.82) is 0 Å². The average molecular weight is 406 g/mol. The highest BCUT2D eigenvalue weighted by Crippen LogP contribution is 2.23. The molecule has 136 valence electrons. The van der Waals surface area contributed by atoms with E-state index in [-0.39, 0.29) is 6.04 Å². The van der Waals surface area contributed by atoms with Gasteiger partial charge in [0.25, 0.3) is 0 Å². The van der Waals surface area contributed by atoms with Gasteiger partial charge in [-0.25, -0.2) is 9.97 Å². The number of hydrogen-bond donors (Lipinski definition) is 1. The SMILES string of the molecule is CCCCCc1ccc(OCC(C)Nc2ncnc(C)c2Br)c(C)c1. The lowest BCUT2D eigenvalue weighted by atomic mass is 10.0. The van der Waals surface area contributed by atoms with E-state index in [2.05, 4.69) is 70.2 Å². The van der Waals surface area contributed by atoms with E-state index in [0.29, 0.717) is 6.61 Å². The highest BCUT2D eigenvalue weighted by atomic mass is 79.9. The van der Waals surface area contributed by atoms with Gasteiger partial charge in [0.2, 0.25) is 0 Å². The molecule has 0 aliphatic rings. The number of anilines is 1. The molecule has 1 aromatic carbocycles. The molecule has 2 aromatic rings. The second-order valence-electron chi connectivity index (χ2n) is 6.54. The molecular formula is C20H28BrN3O. The number of nitrogens with one attached hydrogen (secondary N) is 1. The van der Waals surface area contributed by atoms with Crippen molar-refractivity contribution in [3.63, 3.8) is 0 Å². The summed E-state index contributed by atoms with van der Waals surface area (Å²) in [4.78, 5) is 8.43. The van der Waals surface area contributed by atoms with Crippen molar-refractivity contribution in [3.05, 3.63) is 45.8 Å². The van der Waals surface area contributed by atoms with Crippen LogP contribution < -0.4 is 10.1 Å². The van der Waals surface area contributed by atoms with Crippen molar-refractivity contribution in [2.75, 3.05) is 11.9 Å². The first-order valence-corrected chi connectivity index (χ1v) is 9.76. The van der Waals surface area contributed by atoms with E-state index in [4.69, 9.17) is 4.74 Å². The number of nitrogens with zero attached hydrogens (tertiary/aromatic N) is 2. The summed E-state index contributed by atoms with van der Waals surface area (Å²) in [7, 11) is 0. The van der Waals surface area contributed by atoms with Crippen LogP contribution in [0.25, 0.3) is 0 Å². The van der Waals surface area contributed by atoms with Crippen LogP contribution in [0.15, 0.2) is 29.0 Å². The van der Waals surface area contributed by atoms with Crippen LogP contribution in [0.1, 0.15) is 49.9 Å². The van der Waals surface area contributed by atoms with Crippen LogP contribution in [0.5, 0.6) is 5.75 Å². The van der Waals surface area contributed by atoms with E-state index >= 15 is 0 Å². The van der Waals surface area contributed by atoms with Crippen LogP contribution in [0.3, 0.4) is 0 Å². The lowest BCUT2D eigenvalue weighted by Gasteiger charge is -2.18. The van der Waals surface area contributed by atoms with Gasteiger partial charge >= 0.3 is 0 Å². The van der Waals surface area contributed by atoms with Gasteiger partial charge < -0.3 is 10.1 Å². The quantitative estimate of drug-likeness (QED) is 0.561. The Labute approximate surface area is 159 Å². The van der Waals surface area contributed by atoms with Gasteiger partial charge in [-0.15, -0.1) is 0 Å². The van der Waals surface area contributed by atoms with Crippen molar-refractivity contribution >= 4 is 21.7 Å². The molecule has 0 saturated carbocycles. The summed E-state index contributed by atoms with van der Waals surface area (Å²) in [5.74, 6) is 1.75. The maximum atomic E-state index is 6.00. The van der Waals surface area contributed by atoms with Gasteiger partial charge in [0.05, 0.1) is 16.2 Å². The average Bonchev–Trinajstić information content (AvgIpc) is 2.58.